The predicted octanol–water partition coefficient (Wildman–Crippen LogP) is 2.59. The van der Waals surface area contributed by atoms with Crippen LogP contribution in [-0.4, -0.2) is 17.8 Å². The number of carbonyl (C=O) groups excluding carboxylic acids is 1. The minimum atomic E-state index is 0.0869. The number of Topliss-reactive ketones (excluding diaryl/α,β-unsaturated/α-hetero) is 1. The van der Waals surface area contributed by atoms with Gasteiger partial charge in [0.05, 0.1) is 5.56 Å². The molecule has 0 unspecified atom stereocenters. The number of nitrogens with one attached hydrogen (secondary N) is 1. The molecule has 0 amide bonds. The van der Waals surface area contributed by atoms with Gasteiger partial charge in [0.1, 0.15) is 5.82 Å². The van der Waals surface area contributed by atoms with E-state index >= 15 is 0 Å². The van der Waals surface area contributed by atoms with E-state index in [0.29, 0.717) is 0 Å². The molecule has 16 heavy (non-hydrogen) atoms. The third-order valence-electron chi connectivity index (χ3n) is 3.17. The number of rotatable bonds is 2. The molecular weight excluding hydrogens is 200 g/mol. The largest absolute Gasteiger partial charge is 0.373 e. The molecule has 0 spiro atoms. The maximum atomic E-state index is 11.5. The van der Waals surface area contributed by atoms with Crippen LogP contribution in [0, 0.1) is 0 Å². The van der Waals surface area contributed by atoms with Crippen LogP contribution in [0.5, 0.6) is 0 Å². The number of fused-ring (bicyclic) bond motifs is 1. The van der Waals surface area contributed by atoms with Crippen molar-refractivity contribution in [2.75, 3.05) is 12.4 Å². The molecule has 1 aliphatic carbocycles. The summed E-state index contributed by atoms with van der Waals surface area (Å²) >= 11 is 0. The second-order valence-corrected chi connectivity index (χ2v) is 4.36. The molecule has 0 saturated heterocycles. The first kappa shape index (κ1) is 11.1. The number of aromatic nitrogens is 1. The summed E-state index contributed by atoms with van der Waals surface area (Å²) in [6, 6.07) is 2.03. The lowest BCUT2D eigenvalue weighted by molar-refractivity contribution is 0.101. The van der Waals surface area contributed by atoms with Crippen molar-refractivity contribution >= 4 is 11.6 Å². The Morgan fingerprint density at radius 1 is 1.31 bits per heavy atom. The molecule has 3 nitrogen and oxygen atoms in total. The average Bonchev–Trinajstić information content (AvgIpc) is 2.51. The van der Waals surface area contributed by atoms with E-state index in [0.717, 1.165) is 24.2 Å². The van der Waals surface area contributed by atoms with E-state index in [1.807, 2.05) is 13.1 Å². The van der Waals surface area contributed by atoms with Gasteiger partial charge in [-0.15, -0.1) is 0 Å². The highest BCUT2D eigenvalue weighted by molar-refractivity contribution is 5.98. The zero-order valence-corrected chi connectivity index (χ0v) is 9.97. The Morgan fingerprint density at radius 2 is 2.06 bits per heavy atom. The van der Waals surface area contributed by atoms with Crippen molar-refractivity contribution in [1.82, 2.24) is 4.98 Å². The second-order valence-electron chi connectivity index (χ2n) is 4.36. The molecule has 1 aromatic heterocycles. The van der Waals surface area contributed by atoms with Gasteiger partial charge in [-0.25, -0.2) is 4.98 Å². The second kappa shape index (κ2) is 4.64. The normalized spacial score (nSPS) is 15.1. The van der Waals surface area contributed by atoms with Gasteiger partial charge in [0, 0.05) is 12.7 Å². The van der Waals surface area contributed by atoms with Gasteiger partial charge in [-0.1, -0.05) is 6.42 Å². The molecule has 1 N–H and O–H groups in total. The van der Waals surface area contributed by atoms with Crippen LogP contribution in [-0.2, 0) is 12.8 Å². The quantitative estimate of drug-likeness (QED) is 0.613. The van der Waals surface area contributed by atoms with Gasteiger partial charge < -0.3 is 5.32 Å². The molecule has 0 fully saturated rings. The third kappa shape index (κ3) is 2.08. The Morgan fingerprint density at radius 3 is 2.75 bits per heavy atom. The SMILES string of the molecule is CNc1nc2c(cc1C(C)=O)CCCCC2. The molecule has 86 valence electrons. The Kier molecular flexibility index (Phi) is 3.22. The number of carbonyl (C=O) groups is 1. The van der Waals surface area contributed by atoms with Crippen molar-refractivity contribution in [2.45, 2.75) is 39.0 Å². The lowest BCUT2D eigenvalue weighted by atomic mass is 10.0. The zero-order chi connectivity index (χ0) is 11.5. The topological polar surface area (TPSA) is 42.0 Å². The van der Waals surface area contributed by atoms with E-state index in [2.05, 4.69) is 10.3 Å². The summed E-state index contributed by atoms with van der Waals surface area (Å²) in [5.74, 6) is 0.817. The van der Waals surface area contributed by atoms with Crippen LogP contribution in [0.2, 0.25) is 0 Å². The lowest BCUT2D eigenvalue weighted by Gasteiger charge is -2.11. The number of pyridine rings is 1. The van der Waals surface area contributed by atoms with E-state index < -0.39 is 0 Å². The number of aryl methyl sites for hydroxylation is 2. The number of anilines is 1. The van der Waals surface area contributed by atoms with Crippen molar-refractivity contribution in [3.8, 4) is 0 Å². The summed E-state index contributed by atoms with van der Waals surface area (Å²) in [5.41, 5.74) is 3.16. The number of hydrogen-bond acceptors (Lipinski definition) is 3. The zero-order valence-electron chi connectivity index (χ0n) is 9.97. The average molecular weight is 218 g/mol. The monoisotopic (exact) mass is 218 g/mol. The number of ketones is 1. The third-order valence-corrected chi connectivity index (χ3v) is 3.17. The minimum Gasteiger partial charge on any atom is -0.373 e. The standard InChI is InChI=1S/C13H18N2O/c1-9(16)11-8-10-6-4-3-5-7-12(10)15-13(11)14-2/h8H,3-7H2,1-2H3,(H,14,15). The molecule has 1 heterocycles. The van der Waals surface area contributed by atoms with Gasteiger partial charge in [0.25, 0.3) is 0 Å². The van der Waals surface area contributed by atoms with Crippen LogP contribution in [0.3, 0.4) is 0 Å². The van der Waals surface area contributed by atoms with E-state index in [1.165, 1.54) is 30.5 Å². The van der Waals surface area contributed by atoms with E-state index in [4.69, 9.17) is 0 Å². The van der Waals surface area contributed by atoms with Gasteiger partial charge in [-0.3, -0.25) is 4.79 Å². The summed E-state index contributed by atoms with van der Waals surface area (Å²) in [6.07, 6.45) is 5.79. The first-order valence-corrected chi connectivity index (χ1v) is 5.94. The van der Waals surface area contributed by atoms with Gasteiger partial charge in [0.2, 0.25) is 0 Å². The maximum Gasteiger partial charge on any atom is 0.163 e. The Balaban J connectivity index is 2.48. The van der Waals surface area contributed by atoms with E-state index in [-0.39, 0.29) is 5.78 Å². The number of nitrogens with zero attached hydrogens (tertiary/aromatic N) is 1. The first-order valence-electron chi connectivity index (χ1n) is 5.94. The molecule has 0 aliphatic heterocycles. The lowest BCUT2D eigenvalue weighted by Crippen LogP contribution is -2.07. The smallest absolute Gasteiger partial charge is 0.163 e. The maximum absolute atomic E-state index is 11.5. The van der Waals surface area contributed by atoms with Gasteiger partial charge in [-0.05, 0) is 44.2 Å². The van der Waals surface area contributed by atoms with E-state index in [1.54, 1.807) is 6.92 Å². The van der Waals surface area contributed by atoms with E-state index in [9.17, 15) is 4.79 Å². The van der Waals surface area contributed by atoms with Crippen molar-refractivity contribution in [3.05, 3.63) is 22.9 Å². The first-order chi connectivity index (χ1) is 7.72. The molecule has 2 rings (SSSR count). The Labute approximate surface area is 96.3 Å². The molecular formula is C13H18N2O. The molecule has 0 radical (unpaired) electrons. The minimum absolute atomic E-state index is 0.0869. The van der Waals surface area contributed by atoms with Gasteiger partial charge in [-0.2, -0.15) is 0 Å². The van der Waals surface area contributed by atoms with Crippen LogP contribution in [0.25, 0.3) is 0 Å². The molecule has 1 aliphatic rings. The molecule has 0 saturated carbocycles. The molecule has 0 aromatic carbocycles. The number of hydrogen-bond donors (Lipinski definition) is 1. The molecule has 0 bridgehead atoms. The van der Waals surface area contributed by atoms with Crippen molar-refractivity contribution < 1.29 is 4.79 Å². The molecule has 1 aromatic rings. The van der Waals surface area contributed by atoms with Crippen LogP contribution in [0.15, 0.2) is 6.07 Å². The molecule has 0 atom stereocenters. The highest BCUT2D eigenvalue weighted by Crippen LogP contribution is 2.24. The van der Waals surface area contributed by atoms with Crippen molar-refractivity contribution in [2.24, 2.45) is 0 Å². The van der Waals surface area contributed by atoms with Crippen molar-refractivity contribution in [3.63, 3.8) is 0 Å². The Hall–Kier alpha value is -1.38. The summed E-state index contributed by atoms with van der Waals surface area (Å²) in [6.45, 7) is 1.60. The predicted molar refractivity (Wildman–Crippen MR) is 65.0 cm³/mol. The fourth-order valence-corrected chi connectivity index (χ4v) is 2.27. The summed E-state index contributed by atoms with van der Waals surface area (Å²) in [4.78, 5) is 16.1. The van der Waals surface area contributed by atoms with Crippen molar-refractivity contribution in [1.29, 1.82) is 0 Å². The Bertz CT molecular complexity index is 413. The summed E-state index contributed by atoms with van der Waals surface area (Å²) < 4.78 is 0. The van der Waals surface area contributed by atoms with Crippen LogP contribution in [0.4, 0.5) is 5.82 Å². The highest BCUT2D eigenvalue weighted by atomic mass is 16.1. The highest BCUT2D eigenvalue weighted by Gasteiger charge is 2.15. The van der Waals surface area contributed by atoms with Crippen LogP contribution < -0.4 is 5.32 Å². The van der Waals surface area contributed by atoms with Crippen LogP contribution in [0.1, 0.15) is 47.8 Å². The summed E-state index contributed by atoms with van der Waals surface area (Å²) in [7, 11) is 1.82. The molecule has 3 heteroatoms. The van der Waals surface area contributed by atoms with Crippen LogP contribution >= 0.6 is 0 Å². The fourth-order valence-electron chi connectivity index (χ4n) is 2.27. The van der Waals surface area contributed by atoms with Gasteiger partial charge >= 0.3 is 0 Å². The summed E-state index contributed by atoms with van der Waals surface area (Å²) in [5, 5.41) is 3.02. The fraction of sp³-hybridized carbons (Fsp3) is 0.538. The van der Waals surface area contributed by atoms with Gasteiger partial charge in [0.15, 0.2) is 5.78 Å².